The summed E-state index contributed by atoms with van der Waals surface area (Å²) in [6.07, 6.45) is 7.18. The Bertz CT molecular complexity index is 837. The van der Waals surface area contributed by atoms with Gasteiger partial charge in [0.2, 0.25) is 0 Å². The Kier molecular flexibility index (Phi) is 4.16. The molecule has 124 valence electrons. The van der Waals surface area contributed by atoms with Crippen LogP contribution in [0.1, 0.15) is 35.1 Å². The van der Waals surface area contributed by atoms with Crippen LogP contribution < -0.4 is 5.32 Å². The van der Waals surface area contributed by atoms with Crippen molar-refractivity contribution in [1.29, 1.82) is 0 Å². The zero-order valence-electron chi connectivity index (χ0n) is 13.5. The number of benzene rings is 1. The summed E-state index contributed by atoms with van der Waals surface area (Å²) in [5.74, 6) is -0.213. The first-order chi connectivity index (χ1) is 11.7. The molecule has 0 fully saturated rings. The molecule has 1 aliphatic carbocycles. The minimum atomic E-state index is -0.213. The van der Waals surface area contributed by atoms with Crippen LogP contribution in [0.25, 0.3) is 10.6 Å². The molecule has 0 saturated carbocycles. The summed E-state index contributed by atoms with van der Waals surface area (Å²) in [6, 6.07) is 6.85. The molecule has 0 radical (unpaired) electrons. The number of aromatic nitrogens is 3. The molecule has 1 atom stereocenters. The number of hydrogen-bond donors (Lipinski definition) is 1. The minimum absolute atomic E-state index is 0.213. The fraction of sp³-hybridized carbons (Fsp3) is 0.333. The number of aryl methyl sites for hydroxylation is 2. The summed E-state index contributed by atoms with van der Waals surface area (Å²) in [4.78, 5) is 10.6. The summed E-state index contributed by atoms with van der Waals surface area (Å²) in [6.45, 7) is 0.744. The van der Waals surface area contributed by atoms with Gasteiger partial charge in [-0.3, -0.25) is 0 Å². The molecule has 3 aromatic rings. The molecule has 2 heterocycles. The Labute approximate surface area is 144 Å². The van der Waals surface area contributed by atoms with E-state index in [1.165, 1.54) is 17.0 Å². The van der Waals surface area contributed by atoms with Crippen LogP contribution >= 0.6 is 11.3 Å². The summed E-state index contributed by atoms with van der Waals surface area (Å²) >= 11 is 1.73. The van der Waals surface area contributed by atoms with Gasteiger partial charge in [-0.2, -0.15) is 0 Å². The molecule has 1 aliphatic rings. The Balaban J connectivity index is 1.54. The monoisotopic (exact) mass is 342 g/mol. The fourth-order valence-corrected chi connectivity index (χ4v) is 4.29. The van der Waals surface area contributed by atoms with Crippen molar-refractivity contribution in [3.63, 3.8) is 0 Å². The van der Waals surface area contributed by atoms with Crippen molar-refractivity contribution in [3.05, 3.63) is 58.9 Å². The van der Waals surface area contributed by atoms with E-state index >= 15 is 0 Å². The highest BCUT2D eigenvalue weighted by molar-refractivity contribution is 7.15. The number of halogens is 1. The molecule has 1 unspecified atom stereocenters. The van der Waals surface area contributed by atoms with Crippen LogP contribution in [-0.4, -0.2) is 14.5 Å². The number of thiazole rings is 1. The molecule has 24 heavy (non-hydrogen) atoms. The molecular formula is C18H19FN4S. The van der Waals surface area contributed by atoms with Gasteiger partial charge in [0.05, 0.1) is 23.8 Å². The van der Waals surface area contributed by atoms with Crippen LogP contribution in [0.5, 0.6) is 0 Å². The van der Waals surface area contributed by atoms with Crippen molar-refractivity contribution in [1.82, 2.24) is 19.9 Å². The quantitative estimate of drug-likeness (QED) is 0.783. The van der Waals surface area contributed by atoms with Crippen molar-refractivity contribution < 1.29 is 4.39 Å². The van der Waals surface area contributed by atoms with E-state index in [-0.39, 0.29) is 11.9 Å². The van der Waals surface area contributed by atoms with Gasteiger partial charge in [0.25, 0.3) is 0 Å². The van der Waals surface area contributed by atoms with Gasteiger partial charge in [-0.1, -0.05) is 0 Å². The van der Waals surface area contributed by atoms with Crippen molar-refractivity contribution in [3.8, 4) is 10.6 Å². The van der Waals surface area contributed by atoms with Crippen LogP contribution in [0.3, 0.4) is 0 Å². The third-order valence-electron chi connectivity index (χ3n) is 4.33. The first-order valence-corrected chi connectivity index (χ1v) is 8.96. The first kappa shape index (κ1) is 15.5. The van der Waals surface area contributed by atoms with Gasteiger partial charge < -0.3 is 9.88 Å². The summed E-state index contributed by atoms with van der Waals surface area (Å²) < 4.78 is 15.1. The zero-order valence-corrected chi connectivity index (χ0v) is 14.3. The van der Waals surface area contributed by atoms with Gasteiger partial charge in [0.15, 0.2) is 0 Å². The third kappa shape index (κ3) is 3.12. The average Bonchev–Trinajstić information content (AvgIpc) is 3.20. The summed E-state index contributed by atoms with van der Waals surface area (Å²) in [7, 11) is 1.98. The van der Waals surface area contributed by atoms with E-state index in [9.17, 15) is 4.39 Å². The predicted molar refractivity (Wildman–Crippen MR) is 93.2 cm³/mol. The molecule has 0 spiro atoms. The van der Waals surface area contributed by atoms with Crippen molar-refractivity contribution in [2.75, 3.05) is 0 Å². The Morgan fingerprint density at radius 2 is 2.17 bits per heavy atom. The number of imidazole rings is 1. The van der Waals surface area contributed by atoms with E-state index in [4.69, 9.17) is 4.98 Å². The van der Waals surface area contributed by atoms with Gasteiger partial charge in [-0.15, -0.1) is 11.3 Å². The lowest BCUT2D eigenvalue weighted by molar-refractivity contribution is 0.451. The van der Waals surface area contributed by atoms with Crippen LogP contribution in [0, 0.1) is 5.82 Å². The normalized spacial score (nSPS) is 17.0. The van der Waals surface area contributed by atoms with E-state index < -0.39 is 0 Å². The number of fused-ring (bicyclic) bond motifs is 1. The predicted octanol–water partition coefficient (Wildman–Crippen LogP) is 3.85. The van der Waals surface area contributed by atoms with E-state index in [1.807, 2.05) is 24.1 Å². The van der Waals surface area contributed by atoms with Crippen molar-refractivity contribution in [2.24, 2.45) is 7.05 Å². The van der Waals surface area contributed by atoms with Gasteiger partial charge in [-0.25, -0.2) is 14.4 Å². The van der Waals surface area contributed by atoms with Gasteiger partial charge in [0.1, 0.15) is 10.8 Å². The SMILES string of the molecule is Cn1cnc(CNC2CCCc3sc(-c4ccc(F)cc4)nc32)c1. The lowest BCUT2D eigenvalue weighted by atomic mass is 9.97. The minimum Gasteiger partial charge on any atom is -0.340 e. The topological polar surface area (TPSA) is 42.7 Å². The molecular weight excluding hydrogens is 323 g/mol. The van der Waals surface area contributed by atoms with Crippen LogP contribution in [0.15, 0.2) is 36.8 Å². The van der Waals surface area contributed by atoms with E-state index in [2.05, 4.69) is 10.3 Å². The molecule has 4 nitrogen and oxygen atoms in total. The molecule has 6 heteroatoms. The maximum absolute atomic E-state index is 13.1. The second kappa shape index (κ2) is 6.45. The van der Waals surface area contributed by atoms with Gasteiger partial charge >= 0.3 is 0 Å². The largest absolute Gasteiger partial charge is 0.340 e. The molecule has 0 saturated heterocycles. The van der Waals surface area contributed by atoms with Crippen molar-refractivity contribution >= 4 is 11.3 Å². The Hall–Kier alpha value is -2.05. The van der Waals surface area contributed by atoms with Gasteiger partial charge in [-0.05, 0) is 43.5 Å². The second-order valence-electron chi connectivity index (χ2n) is 6.19. The maximum atomic E-state index is 13.1. The molecule has 0 bridgehead atoms. The molecule has 0 aliphatic heterocycles. The van der Waals surface area contributed by atoms with Crippen LogP contribution in [-0.2, 0) is 20.0 Å². The fourth-order valence-electron chi connectivity index (χ4n) is 3.12. The highest BCUT2D eigenvalue weighted by atomic mass is 32.1. The standard InChI is InChI=1S/C18H19FN4S/c1-23-10-14(21-11-23)9-20-15-3-2-4-16-17(15)22-18(24-16)12-5-7-13(19)8-6-12/h5-8,10-11,15,20H,2-4,9H2,1H3. The summed E-state index contributed by atoms with van der Waals surface area (Å²) in [5, 5.41) is 4.57. The number of nitrogens with one attached hydrogen (secondary N) is 1. The maximum Gasteiger partial charge on any atom is 0.123 e. The molecule has 2 aromatic heterocycles. The van der Waals surface area contributed by atoms with Crippen molar-refractivity contribution in [2.45, 2.75) is 31.8 Å². The zero-order chi connectivity index (χ0) is 16.5. The highest BCUT2D eigenvalue weighted by Crippen LogP contribution is 2.37. The molecule has 1 aromatic carbocycles. The number of rotatable bonds is 4. The summed E-state index contributed by atoms with van der Waals surface area (Å²) in [5.41, 5.74) is 3.18. The molecule has 4 rings (SSSR count). The molecule has 0 amide bonds. The lowest BCUT2D eigenvalue weighted by Gasteiger charge is -2.21. The Morgan fingerprint density at radius 1 is 1.33 bits per heavy atom. The average molecular weight is 342 g/mol. The number of nitrogens with zero attached hydrogens (tertiary/aromatic N) is 3. The first-order valence-electron chi connectivity index (χ1n) is 8.15. The number of hydrogen-bond acceptors (Lipinski definition) is 4. The second-order valence-corrected chi connectivity index (χ2v) is 7.27. The molecule has 1 N–H and O–H groups in total. The van der Waals surface area contributed by atoms with E-state index in [1.54, 1.807) is 23.5 Å². The van der Waals surface area contributed by atoms with E-state index in [0.717, 1.165) is 47.8 Å². The van der Waals surface area contributed by atoms with Gasteiger partial charge in [0, 0.05) is 30.2 Å². The Morgan fingerprint density at radius 3 is 2.92 bits per heavy atom. The van der Waals surface area contributed by atoms with Crippen LogP contribution in [0.2, 0.25) is 0 Å². The van der Waals surface area contributed by atoms with Crippen LogP contribution in [0.4, 0.5) is 4.39 Å². The smallest absolute Gasteiger partial charge is 0.123 e. The highest BCUT2D eigenvalue weighted by Gasteiger charge is 2.25. The lowest BCUT2D eigenvalue weighted by Crippen LogP contribution is -2.24. The third-order valence-corrected chi connectivity index (χ3v) is 5.51. The van der Waals surface area contributed by atoms with E-state index in [0.29, 0.717) is 0 Å².